The number of hydrogen-bond acceptors (Lipinski definition) is 3. The Balaban J connectivity index is 2.55. The minimum absolute atomic E-state index is 0.172. The third-order valence-corrected chi connectivity index (χ3v) is 2.27. The van der Waals surface area contributed by atoms with Crippen LogP contribution in [0.15, 0.2) is 24.4 Å². The molecule has 0 saturated carbocycles. The summed E-state index contributed by atoms with van der Waals surface area (Å²) < 4.78 is 14.4. The maximum Gasteiger partial charge on any atom is 0.163 e. The highest BCUT2D eigenvalue weighted by atomic mass is 19.1. The summed E-state index contributed by atoms with van der Waals surface area (Å²) >= 11 is 0. The summed E-state index contributed by atoms with van der Waals surface area (Å²) in [5.41, 5.74) is 7.28. The smallest absolute Gasteiger partial charge is 0.163 e. The van der Waals surface area contributed by atoms with Crippen molar-refractivity contribution in [3.8, 4) is 11.8 Å². The highest BCUT2D eigenvalue weighted by Gasteiger charge is 2.08. The molecule has 16 heavy (non-hydrogen) atoms. The first-order chi connectivity index (χ1) is 7.61. The van der Waals surface area contributed by atoms with E-state index in [1.54, 1.807) is 13.0 Å². The van der Waals surface area contributed by atoms with E-state index in [4.69, 9.17) is 11.0 Å². The van der Waals surface area contributed by atoms with Gasteiger partial charge in [-0.05, 0) is 30.7 Å². The number of halogens is 1. The Kier molecular flexibility index (Phi) is 2.33. The second kappa shape index (κ2) is 3.66. The van der Waals surface area contributed by atoms with Crippen LogP contribution in [0.1, 0.15) is 11.1 Å². The van der Waals surface area contributed by atoms with Gasteiger partial charge in [-0.15, -0.1) is 5.10 Å². The van der Waals surface area contributed by atoms with Gasteiger partial charge in [-0.1, -0.05) is 0 Å². The van der Waals surface area contributed by atoms with E-state index in [2.05, 4.69) is 5.10 Å². The van der Waals surface area contributed by atoms with Crippen molar-refractivity contribution in [2.75, 3.05) is 5.73 Å². The van der Waals surface area contributed by atoms with E-state index in [9.17, 15) is 4.39 Å². The van der Waals surface area contributed by atoms with Gasteiger partial charge in [-0.3, -0.25) is 0 Å². The summed E-state index contributed by atoms with van der Waals surface area (Å²) in [6.07, 6.45) is 1.52. The van der Waals surface area contributed by atoms with E-state index in [1.165, 1.54) is 23.0 Å². The van der Waals surface area contributed by atoms with E-state index in [-0.39, 0.29) is 11.6 Å². The second-order valence-electron chi connectivity index (χ2n) is 3.42. The summed E-state index contributed by atoms with van der Waals surface area (Å²) in [6, 6.07) is 6.27. The summed E-state index contributed by atoms with van der Waals surface area (Å²) in [4.78, 5) is 0. The first kappa shape index (κ1) is 10.2. The minimum atomic E-state index is -0.304. The lowest BCUT2D eigenvalue weighted by atomic mass is 10.2. The average molecular weight is 216 g/mol. The number of benzene rings is 1. The number of rotatable bonds is 1. The fourth-order valence-electron chi connectivity index (χ4n) is 1.47. The summed E-state index contributed by atoms with van der Waals surface area (Å²) in [6.45, 7) is 1.77. The molecule has 4 nitrogen and oxygen atoms in total. The number of aryl methyl sites for hydroxylation is 1. The first-order valence-corrected chi connectivity index (χ1v) is 4.63. The molecule has 1 heterocycles. The molecule has 0 aliphatic carbocycles. The molecule has 0 unspecified atom stereocenters. The van der Waals surface area contributed by atoms with Crippen LogP contribution in [-0.2, 0) is 0 Å². The fourth-order valence-corrected chi connectivity index (χ4v) is 1.47. The molecule has 0 atom stereocenters. The molecule has 0 aliphatic heterocycles. The zero-order chi connectivity index (χ0) is 11.7. The van der Waals surface area contributed by atoms with Crippen molar-refractivity contribution in [2.24, 2.45) is 0 Å². The van der Waals surface area contributed by atoms with E-state index in [0.717, 1.165) is 5.56 Å². The van der Waals surface area contributed by atoms with Crippen molar-refractivity contribution in [1.29, 1.82) is 5.26 Å². The molecule has 2 N–H and O–H groups in total. The lowest BCUT2D eigenvalue weighted by molar-refractivity contribution is 0.625. The van der Waals surface area contributed by atoms with Gasteiger partial charge in [-0.2, -0.15) is 5.26 Å². The zero-order valence-corrected chi connectivity index (χ0v) is 8.61. The van der Waals surface area contributed by atoms with Crippen molar-refractivity contribution in [3.05, 3.63) is 41.3 Å². The number of nitriles is 1. The first-order valence-electron chi connectivity index (χ1n) is 4.63. The lowest BCUT2D eigenvalue weighted by Gasteiger charge is -2.04. The van der Waals surface area contributed by atoms with Gasteiger partial charge in [0.05, 0.1) is 11.9 Å². The quantitative estimate of drug-likeness (QED) is 0.789. The topological polar surface area (TPSA) is 67.6 Å². The van der Waals surface area contributed by atoms with Gasteiger partial charge in [0.15, 0.2) is 5.82 Å². The van der Waals surface area contributed by atoms with Crippen molar-refractivity contribution >= 4 is 5.82 Å². The molecule has 0 spiro atoms. The third-order valence-electron chi connectivity index (χ3n) is 2.27. The number of nitrogens with zero attached hydrogens (tertiary/aromatic N) is 3. The highest BCUT2D eigenvalue weighted by Crippen LogP contribution is 2.17. The predicted octanol–water partition coefficient (Wildman–Crippen LogP) is 1.77. The Labute approximate surface area is 91.7 Å². The number of anilines is 1. The monoisotopic (exact) mass is 216 g/mol. The molecule has 0 bridgehead atoms. The number of hydrogen-bond donors (Lipinski definition) is 1. The molecular formula is C11H9FN4. The maximum absolute atomic E-state index is 12.9. The Morgan fingerprint density at radius 3 is 2.81 bits per heavy atom. The largest absolute Gasteiger partial charge is 0.381 e. The van der Waals surface area contributed by atoms with Crippen LogP contribution in [0.3, 0.4) is 0 Å². The molecule has 0 fully saturated rings. The van der Waals surface area contributed by atoms with E-state index in [0.29, 0.717) is 11.3 Å². The molecule has 0 radical (unpaired) electrons. The Hall–Kier alpha value is -2.35. The van der Waals surface area contributed by atoms with Crippen molar-refractivity contribution < 1.29 is 4.39 Å². The zero-order valence-electron chi connectivity index (χ0n) is 8.61. The molecule has 2 aromatic rings. The highest BCUT2D eigenvalue weighted by molar-refractivity contribution is 5.50. The molecule has 0 amide bonds. The summed E-state index contributed by atoms with van der Waals surface area (Å²) in [5, 5.41) is 12.7. The number of nitrogen functional groups attached to an aromatic ring is 1. The molecule has 2 rings (SSSR count). The van der Waals surface area contributed by atoms with Gasteiger partial charge in [0.1, 0.15) is 17.4 Å². The third kappa shape index (κ3) is 1.61. The Bertz CT molecular complexity index is 580. The van der Waals surface area contributed by atoms with Gasteiger partial charge in [0.25, 0.3) is 0 Å². The normalized spacial score (nSPS) is 10.1. The van der Waals surface area contributed by atoms with Gasteiger partial charge in [-0.25, -0.2) is 9.07 Å². The van der Waals surface area contributed by atoms with Crippen molar-refractivity contribution in [2.45, 2.75) is 6.92 Å². The van der Waals surface area contributed by atoms with Crippen LogP contribution in [0.4, 0.5) is 10.2 Å². The van der Waals surface area contributed by atoms with Crippen LogP contribution in [-0.4, -0.2) is 9.78 Å². The molecule has 1 aromatic carbocycles. The molecule has 0 aliphatic rings. The Morgan fingerprint density at radius 2 is 2.25 bits per heavy atom. The van der Waals surface area contributed by atoms with Crippen LogP contribution >= 0.6 is 0 Å². The van der Waals surface area contributed by atoms with Crippen LogP contribution in [0.2, 0.25) is 0 Å². The fraction of sp³-hybridized carbons (Fsp3) is 0.0909. The average Bonchev–Trinajstić information content (AvgIpc) is 2.59. The van der Waals surface area contributed by atoms with Crippen molar-refractivity contribution in [3.63, 3.8) is 0 Å². The number of aromatic nitrogens is 2. The van der Waals surface area contributed by atoms with E-state index in [1.807, 2.05) is 6.07 Å². The van der Waals surface area contributed by atoms with Crippen LogP contribution in [0.25, 0.3) is 5.69 Å². The molecule has 80 valence electrons. The number of nitrogens with two attached hydrogens (primary N) is 1. The SMILES string of the molecule is Cc1cc(F)ccc1-n1cc(C#N)c(N)n1. The molecule has 1 aromatic heterocycles. The van der Waals surface area contributed by atoms with Gasteiger partial charge < -0.3 is 5.73 Å². The molecular weight excluding hydrogens is 207 g/mol. The lowest BCUT2D eigenvalue weighted by Crippen LogP contribution is -1.99. The molecule has 5 heteroatoms. The predicted molar refractivity (Wildman–Crippen MR) is 57.4 cm³/mol. The standard InChI is InChI=1S/C11H9FN4/c1-7-4-9(12)2-3-10(7)16-6-8(5-13)11(14)15-16/h2-4,6H,1H3,(H2,14,15). The van der Waals surface area contributed by atoms with Gasteiger partial charge >= 0.3 is 0 Å². The molecule has 0 saturated heterocycles. The second-order valence-corrected chi connectivity index (χ2v) is 3.42. The van der Waals surface area contributed by atoms with Crippen molar-refractivity contribution in [1.82, 2.24) is 9.78 Å². The summed E-state index contributed by atoms with van der Waals surface area (Å²) in [5.74, 6) is -0.131. The van der Waals surface area contributed by atoms with Crippen LogP contribution in [0.5, 0.6) is 0 Å². The maximum atomic E-state index is 12.9. The van der Waals surface area contributed by atoms with Crippen LogP contribution in [0, 0.1) is 24.1 Å². The van der Waals surface area contributed by atoms with E-state index < -0.39 is 0 Å². The minimum Gasteiger partial charge on any atom is -0.381 e. The summed E-state index contributed by atoms with van der Waals surface area (Å²) in [7, 11) is 0. The Morgan fingerprint density at radius 1 is 1.50 bits per heavy atom. The van der Waals surface area contributed by atoms with Crippen LogP contribution < -0.4 is 5.73 Å². The van der Waals surface area contributed by atoms with E-state index >= 15 is 0 Å². The van der Waals surface area contributed by atoms with Gasteiger partial charge in [0, 0.05) is 0 Å². The van der Waals surface area contributed by atoms with Gasteiger partial charge in [0.2, 0.25) is 0 Å².